The molecular weight excluding hydrogens is 354 g/mol. The summed E-state index contributed by atoms with van der Waals surface area (Å²) >= 11 is 0. The first-order valence-electron chi connectivity index (χ1n) is 10.4. The molecule has 6 heteroatoms. The predicted octanol–water partition coefficient (Wildman–Crippen LogP) is 4.31. The second kappa shape index (κ2) is 8.25. The molecule has 28 heavy (non-hydrogen) atoms. The quantitative estimate of drug-likeness (QED) is 0.746. The van der Waals surface area contributed by atoms with Crippen molar-refractivity contribution in [1.29, 1.82) is 0 Å². The Kier molecular flexibility index (Phi) is 5.55. The summed E-state index contributed by atoms with van der Waals surface area (Å²) in [7, 11) is 0. The van der Waals surface area contributed by atoms with Gasteiger partial charge in [-0.3, -0.25) is 9.48 Å². The molecule has 0 saturated heterocycles. The van der Waals surface area contributed by atoms with Crippen LogP contribution in [-0.2, 0) is 13.1 Å². The lowest BCUT2D eigenvalue weighted by Gasteiger charge is -2.34. The molecule has 1 aromatic heterocycles. The largest absolute Gasteiger partial charge is 0.454 e. The van der Waals surface area contributed by atoms with Gasteiger partial charge in [0, 0.05) is 24.8 Å². The van der Waals surface area contributed by atoms with Gasteiger partial charge in [0.2, 0.25) is 6.79 Å². The molecule has 4 rings (SSSR count). The number of rotatable bonds is 6. The van der Waals surface area contributed by atoms with Crippen molar-refractivity contribution >= 4 is 5.91 Å². The van der Waals surface area contributed by atoms with Crippen molar-refractivity contribution in [2.24, 2.45) is 0 Å². The van der Waals surface area contributed by atoms with Crippen LogP contribution in [0.15, 0.2) is 24.4 Å². The maximum atomic E-state index is 13.5. The number of hydrogen-bond donors (Lipinski definition) is 0. The maximum Gasteiger partial charge on any atom is 0.257 e. The summed E-state index contributed by atoms with van der Waals surface area (Å²) in [5.41, 5.74) is 2.75. The van der Waals surface area contributed by atoms with Crippen molar-refractivity contribution in [1.82, 2.24) is 14.7 Å². The summed E-state index contributed by atoms with van der Waals surface area (Å²) in [6.45, 7) is 5.80. The van der Waals surface area contributed by atoms with Crippen molar-refractivity contribution in [3.63, 3.8) is 0 Å². The zero-order valence-corrected chi connectivity index (χ0v) is 16.8. The molecule has 1 saturated carbocycles. The van der Waals surface area contributed by atoms with Gasteiger partial charge in [-0.25, -0.2) is 0 Å². The summed E-state index contributed by atoms with van der Waals surface area (Å²) in [6.07, 6.45) is 8.50. The third-order valence-corrected chi connectivity index (χ3v) is 5.84. The van der Waals surface area contributed by atoms with Crippen LogP contribution >= 0.6 is 0 Å². The minimum Gasteiger partial charge on any atom is -0.454 e. The van der Waals surface area contributed by atoms with Crippen LogP contribution in [0.5, 0.6) is 11.5 Å². The lowest BCUT2D eigenvalue weighted by Crippen LogP contribution is -2.41. The standard InChI is InChI=1S/C22H29N3O3/c1-3-11-25-16(2)19(13-23-25)22(26)24(18-7-5-4-6-8-18)14-17-9-10-20-21(12-17)28-15-27-20/h9-10,12-13,18H,3-8,11,14-15H2,1-2H3. The molecular formula is C22H29N3O3. The molecule has 1 fully saturated rings. The number of amides is 1. The molecule has 0 unspecified atom stereocenters. The van der Waals surface area contributed by atoms with E-state index in [1.165, 1.54) is 19.3 Å². The fourth-order valence-corrected chi connectivity index (χ4v) is 4.24. The van der Waals surface area contributed by atoms with E-state index in [9.17, 15) is 4.79 Å². The van der Waals surface area contributed by atoms with Crippen LogP contribution in [0.4, 0.5) is 0 Å². The van der Waals surface area contributed by atoms with Crippen LogP contribution in [0.25, 0.3) is 0 Å². The van der Waals surface area contributed by atoms with Crippen molar-refractivity contribution < 1.29 is 14.3 Å². The fourth-order valence-electron chi connectivity index (χ4n) is 4.24. The highest BCUT2D eigenvalue weighted by atomic mass is 16.7. The van der Waals surface area contributed by atoms with Gasteiger partial charge in [-0.2, -0.15) is 5.10 Å². The second-order valence-electron chi connectivity index (χ2n) is 7.78. The Morgan fingerprint density at radius 1 is 1.21 bits per heavy atom. The molecule has 2 heterocycles. The lowest BCUT2D eigenvalue weighted by atomic mass is 9.93. The zero-order valence-electron chi connectivity index (χ0n) is 16.8. The normalized spacial score (nSPS) is 16.4. The minimum atomic E-state index is 0.0874. The molecule has 1 amide bonds. The Morgan fingerprint density at radius 2 is 2.00 bits per heavy atom. The van der Waals surface area contributed by atoms with Gasteiger partial charge < -0.3 is 14.4 Å². The number of carbonyl (C=O) groups excluding carboxylic acids is 1. The summed E-state index contributed by atoms with van der Waals surface area (Å²) in [6, 6.07) is 6.25. The number of aryl methyl sites for hydroxylation is 1. The first-order valence-corrected chi connectivity index (χ1v) is 10.4. The molecule has 0 atom stereocenters. The highest BCUT2D eigenvalue weighted by Crippen LogP contribution is 2.34. The third kappa shape index (κ3) is 3.73. The molecule has 1 aliphatic carbocycles. The average Bonchev–Trinajstić information content (AvgIpc) is 3.33. The molecule has 150 valence electrons. The second-order valence-corrected chi connectivity index (χ2v) is 7.78. The smallest absolute Gasteiger partial charge is 0.257 e. The maximum absolute atomic E-state index is 13.5. The Morgan fingerprint density at radius 3 is 2.79 bits per heavy atom. The SMILES string of the molecule is CCCn1ncc(C(=O)N(Cc2ccc3c(c2)OCO3)C2CCCCC2)c1C. The number of fused-ring (bicyclic) bond motifs is 1. The van der Waals surface area contributed by atoms with Gasteiger partial charge in [0.05, 0.1) is 11.8 Å². The van der Waals surface area contributed by atoms with Crippen molar-refractivity contribution in [2.75, 3.05) is 6.79 Å². The molecule has 0 radical (unpaired) electrons. The van der Waals surface area contributed by atoms with Gasteiger partial charge >= 0.3 is 0 Å². The lowest BCUT2D eigenvalue weighted by molar-refractivity contribution is 0.0613. The van der Waals surface area contributed by atoms with Gasteiger partial charge in [0.1, 0.15) is 0 Å². The first kappa shape index (κ1) is 18.8. The van der Waals surface area contributed by atoms with Crippen LogP contribution in [0.3, 0.4) is 0 Å². The van der Waals surface area contributed by atoms with Gasteiger partial charge in [0.15, 0.2) is 11.5 Å². The average molecular weight is 383 g/mol. The molecule has 1 aliphatic heterocycles. The topological polar surface area (TPSA) is 56.6 Å². The summed E-state index contributed by atoms with van der Waals surface area (Å²) in [4.78, 5) is 15.6. The monoisotopic (exact) mass is 383 g/mol. The highest BCUT2D eigenvalue weighted by Gasteiger charge is 2.29. The summed E-state index contributed by atoms with van der Waals surface area (Å²) < 4.78 is 12.9. The molecule has 2 aliphatic rings. The van der Waals surface area contributed by atoms with Crippen molar-refractivity contribution in [3.05, 3.63) is 41.2 Å². The number of hydrogen-bond acceptors (Lipinski definition) is 4. The molecule has 1 aromatic carbocycles. The fraction of sp³-hybridized carbons (Fsp3) is 0.545. The van der Waals surface area contributed by atoms with Crippen molar-refractivity contribution in [3.8, 4) is 11.5 Å². The van der Waals surface area contributed by atoms with E-state index >= 15 is 0 Å². The Bertz CT molecular complexity index is 840. The van der Waals surface area contributed by atoms with E-state index in [-0.39, 0.29) is 18.7 Å². The van der Waals surface area contributed by atoms with E-state index < -0.39 is 0 Å². The number of nitrogens with zero attached hydrogens (tertiary/aromatic N) is 3. The third-order valence-electron chi connectivity index (χ3n) is 5.84. The zero-order chi connectivity index (χ0) is 19.5. The number of ether oxygens (including phenoxy) is 2. The Hall–Kier alpha value is -2.50. The van der Waals surface area contributed by atoms with Gasteiger partial charge in [0.25, 0.3) is 5.91 Å². The number of benzene rings is 1. The van der Waals surface area contributed by atoms with E-state index in [0.29, 0.717) is 6.54 Å². The molecule has 2 aromatic rings. The predicted molar refractivity (Wildman–Crippen MR) is 107 cm³/mol. The molecule has 6 nitrogen and oxygen atoms in total. The van der Waals surface area contributed by atoms with Crippen LogP contribution in [-0.4, -0.2) is 33.4 Å². The Balaban J connectivity index is 1.60. The van der Waals surface area contributed by atoms with Crippen LogP contribution < -0.4 is 9.47 Å². The van der Waals surface area contributed by atoms with Gasteiger partial charge in [-0.05, 0) is 43.9 Å². The van der Waals surface area contributed by atoms with E-state index in [1.54, 1.807) is 6.20 Å². The van der Waals surface area contributed by atoms with E-state index in [1.807, 2.05) is 29.8 Å². The van der Waals surface area contributed by atoms with E-state index in [2.05, 4.69) is 16.9 Å². The van der Waals surface area contributed by atoms with Gasteiger partial charge in [-0.1, -0.05) is 32.3 Å². The van der Waals surface area contributed by atoms with Gasteiger partial charge in [-0.15, -0.1) is 0 Å². The highest BCUT2D eigenvalue weighted by molar-refractivity contribution is 5.95. The van der Waals surface area contributed by atoms with Crippen LogP contribution in [0, 0.1) is 6.92 Å². The summed E-state index contributed by atoms with van der Waals surface area (Å²) in [5, 5.41) is 4.44. The molecule has 0 spiro atoms. The van der Waals surface area contributed by atoms with E-state index in [0.717, 1.165) is 54.1 Å². The number of aromatic nitrogens is 2. The van der Waals surface area contributed by atoms with E-state index in [4.69, 9.17) is 9.47 Å². The minimum absolute atomic E-state index is 0.0874. The molecule has 0 N–H and O–H groups in total. The first-order chi connectivity index (χ1) is 13.7. The van der Waals surface area contributed by atoms with Crippen molar-refractivity contribution in [2.45, 2.75) is 71.5 Å². The Labute approximate surface area is 166 Å². The van der Waals surface area contributed by atoms with Crippen LogP contribution in [0.1, 0.15) is 67.1 Å². The number of carbonyl (C=O) groups is 1. The summed E-state index contributed by atoms with van der Waals surface area (Å²) in [5.74, 6) is 1.63. The molecule has 0 bridgehead atoms. The van der Waals surface area contributed by atoms with Crippen LogP contribution in [0.2, 0.25) is 0 Å².